The number of hydrogen-bond donors (Lipinski definition) is 1. The van der Waals surface area contributed by atoms with Gasteiger partial charge in [0, 0.05) is 6.54 Å². The third kappa shape index (κ3) is 2.70. The van der Waals surface area contributed by atoms with E-state index < -0.39 is 0 Å². The van der Waals surface area contributed by atoms with Crippen molar-refractivity contribution in [3.63, 3.8) is 0 Å². The van der Waals surface area contributed by atoms with Gasteiger partial charge in [0.05, 0.1) is 0 Å². The summed E-state index contributed by atoms with van der Waals surface area (Å²) in [5.74, 6) is 0.768. The maximum Gasteiger partial charge on any atom is 0.00140 e. The number of rotatable bonds is 3. The van der Waals surface area contributed by atoms with E-state index in [1.165, 1.54) is 19.3 Å². The molecule has 1 nitrogen and oxygen atoms in total. The van der Waals surface area contributed by atoms with Crippen molar-refractivity contribution in [1.82, 2.24) is 5.32 Å². The summed E-state index contributed by atoms with van der Waals surface area (Å²) in [5.41, 5.74) is 3.16. The highest BCUT2D eigenvalue weighted by Gasteiger charge is 2.17. The average molecular weight is 179 g/mol. The van der Waals surface area contributed by atoms with Crippen molar-refractivity contribution in [2.24, 2.45) is 5.92 Å². The van der Waals surface area contributed by atoms with Crippen molar-refractivity contribution >= 4 is 0 Å². The molecule has 0 heterocycles. The molecule has 1 heteroatoms. The van der Waals surface area contributed by atoms with Gasteiger partial charge >= 0.3 is 0 Å². The highest BCUT2D eigenvalue weighted by atomic mass is 14.8. The molecule has 0 fully saturated rings. The van der Waals surface area contributed by atoms with Gasteiger partial charge in [0.15, 0.2) is 0 Å². The number of allylic oxidation sites excluding steroid dienone is 3. The zero-order valence-corrected chi connectivity index (χ0v) is 9.06. The Hall–Kier alpha value is -0.560. The molecular formula is C12H21N. The Morgan fingerprint density at radius 3 is 2.92 bits per heavy atom. The minimum absolute atomic E-state index is 0.768. The van der Waals surface area contributed by atoms with Crippen molar-refractivity contribution in [2.75, 3.05) is 13.6 Å². The Morgan fingerprint density at radius 2 is 2.31 bits per heavy atom. The fourth-order valence-electron chi connectivity index (χ4n) is 2.13. The highest BCUT2D eigenvalue weighted by Crippen LogP contribution is 2.29. The Balaban J connectivity index is 2.72. The monoisotopic (exact) mass is 179 g/mol. The molecule has 0 spiro atoms. The highest BCUT2D eigenvalue weighted by molar-refractivity contribution is 5.28. The first kappa shape index (κ1) is 10.5. The van der Waals surface area contributed by atoms with Gasteiger partial charge in [-0.15, -0.1) is 0 Å². The summed E-state index contributed by atoms with van der Waals surface area (Å²) in [4.78, 5) is 0. The summed E-state index contributed by atoms with van der Waals surface area (Å²) >= 11 is 0. The minimum atomic E-state index is 0.768. The lowest BCUT2D eigenvalue weighted by Crippen LogP contribution is -2.22. The predicted octanol–water partition coefficient (Wildman–Crippen LogP) is 2.90. The first-order valence-electron chi connectivity index (χ1n) is 5.26. The van der Waals surface area contributed by atoms with E-state index in [9.17, 15) is 0 Å². The Kier molecular flexibility index (Phi) is 4.23. The van der Waals surface area contributed by atoms with Crippen LogP contribution in [0.2, 0.25) is 0 Å². The van der Waals surface area contributed by atoms with Gasteiger partial charge in [0.2, 0.25) is 0 Å². The van der Waals surface area contributed by atoms with Gasteiger partial charge in [-0.3, -0.25) is 0 Å². The van der Waals surface area contributed by atoms with Crippen LogP contribution in [0, 0.1) is 5.92 Å². The zero-order valence-electron chi connectivity index (χ0n) is 9.06. The first-order valence-corrected chi connectivity index (χ1v) is 5.26. The van der Waals surface area contributed by atoms with Crippen molar-refractivity contribution in [3.05, 3.63) is 23.3 Å². The van der Waals surface area contributed by atoms with E-state index in [1.807, 2.05) is 7.05 Å². The molecule has 0 aromatic carbocycles. The third-order valence-electron chi connectivity index (χ3n) is 2.94. The maximum absolute atomic E-state index is 3.27. The number of nitrogens with one attached hydrogen (secondary N) is 1. The second-order valence-corrected chi connectivity index (χ2v) is 3.86. The Morgan fingerprint density at radius 1 is 1.54 bits per heavy atom. The lowest BCUT2D eigenvalue weighted by Gasteiger charge is -2.25. The molecule has 0 aromatic rings. The molecule has 1 atom stereocenters. The van der Waals surface area contributed by atoms with Crippen LogP contribution in [0.1, 0.15) is 33.1 Å². The summed E-state index contributed by atoms with van der Waals surface area (Å²) in [6.07, 6.45) is 8.41. The molecule has 74 valence electrons. The first-order chi connectivity index (χ1) is 6.29. The van der Waals surface area contributed by atoms with E-state index in [2.05, 4.69) is 31.3 Å². The van der Waals surface area contributed by atoms with E-state index in [0.29, 0.717) is 0 Å². The summed E-state index contributed by atoms with van der Waals surface area (Å²) in [6.45, 7) is 5.52. The van der Waals surface area contributed by atoms with Crippen molar-refractivity contribution in [1.29, 1.82) is 0 Å². The molecule has 1 rings (SSSR count). The zero-order chi connectivity index (χ0) is 9.68. The molecule has 1 aliphatic carbocycles. The third-order valence-corrected chi connectivity index (χ3v) is 2.94. The molecule has 13 heavy (non-hydrogen) atoms. The van der Waals surface area contributed by atoms with Crippen molar-refractivity contribution < 1.29 is 0 Å². The lowest BCUT2D eigenvalue weighted by molar-refractivity contribution is 0.481. The molecule has 0 amide bonds. The van der Waals surface area contributed by atoms with E-state index in [4.69, 9.17) is 0 Å². The summed E-state index contributed by atoms with van der Waals surface area (Å²) in [7, 11) is 2.04. The normalized spacial score (nSPS) is 24.4. The van der Waals surface area contributed by atoms with Gasteiger partial charge in [0.1, 0.15) is 0 Å². The van der Waals surface area contributed by atoms with Crippen LogP contribution in [0.15, 0.2) is 23.3 Å². The second kappa shape index (κ2) is 5.23. The molecule has 1 aliphatic rings. The Labute approximate surface area is 81.9 Å². The van der Waals surface area contributed by atoms with Gasteiger partial charge in [-0.2, -0.15) is 0 Å². The Bertz CT molecular complexity index is 213. The van der Waals surface area contributed by atoms with Crippen LogP contribution >= 0.6 is 0 Å². The minimum Gasteiger partial charge on any atom is -0.319 e. The van der Waals surface area contributed by atoms with Crippen molar-refractivity contribution in [3.8, 4) is 0 Å². The molecule has 1 unspecified atom stereocenters. The van der Waals surface area contributed by atoms with Crippen LogP contribution in [0.25, 0.3) is 0 Å². The largest absolute Gasteiger partial charge is 0.319 e. The molecular weight excluding hydrogens is 158 g/mol. The van der Waals surface area contributed by atoms with Gasteiger partial charge in [-0.1, -0.05) is 17.7 Å². The fourth-order valence-corrected chi connectivity index (χ4v) is 2.13. The predicted molar refractivity (Wildman–Crippen MR) is 58.8 cm³/mol. The average Bonchev–Trinajstić information content (AvgIpc) is 2.13. The maximum atomic E-state index is 3.27. The standard InChI is InChI=1S/C12H21N/c1-4-6-11-7-5-8-12(9-13-3)10(11)2/h4,6,12-13H,5,7-9H2,1-3H3/b6-4-. The number of hydrogen-bond acceptors (Lipinski definition) is 1. The van der Waals surface area contributed by atoms with Gasteiger partial charge < -0.3 is 5.32 Å². The summed E-state index contributed by atoms with van der Waals surface area (Å²) < 4.78 is 0. The quantitative estimate of drug-likeness (QED) is 0.702. The molecule has 0 aromatic heterocycles. The van der Waals surface area contributed by atoms with Crippen LogP contribution in [-0.4, -0.2) is 13.6 Å². The summed E-state index contributed by atoms with van der Waals surface area (Å²) in [5, 5.41) is 3.27. The molecule has 0 saturated carbocycles. The van der Waals surface area contributed by atoms with Crippen LogP contribution in [0.3, 0.4) is 0 Å². The smallest absolute Gasteiger partial charge is 0.00140 e. The summed E-state index contributed by atoms with van der Waals surface area (Å²) in [6, 6.07) is 0. The molecule has 0 radical (unpaired) electrons. The SMILES string of the molecule is C/C=C\C1=C(C)C(CNC)CCC1. The van der Waals surface area contributed by atoms with Crippen LogP contribution in [0.5, 0.6) is 0 Å². The van der Waals surface area contributed by atoms with Gasteiger partial charge in [-0.05, 0) is 51.6 Å². The molecule has 0 saturated heterocycles. The van der Waals surface area contributed by atoms with Crippen LogP contribution in [-0.2, 0) is 0 Å². The van der Waals surface area contributed by atoms with Gasteiger partial charge in [-0.25, -0.2) is 0 Å². The molecule has 0 aliphatic heterocycles. The van der Waals surface area contributed by atoms with Gasteiger partial charge in [0.25, 0.3) is 0 Å². The van der Waals surface area contributed by atoms with E-state index in [0.717, 1.165) is 12.5 Å². The topological polar surface area (TPSA) is 12.0 Å². The van der Waals surface area contributed by atoms with E-state index >= 15 is 0 Å². The lowest BCUT2D eigenvalue weighted by atomic mass is 9.83. The van der Waals surface area contributed by atoms with E-state index in [1.54, 1.807) is 11.1 Å². The second-order valence-electron chi connectivity index (χ2n) is 3.86. The molecule has 0 bridgehead atoms. The fraction of sp³-hybridized carbons (Fsp3) is 0.667. The van der Waals surface area contributed by atoms with Crippen LogP contribution < -0.4 is 5.32 Å². The molecule has 1 N–H and O–H groups in total. The van der Waals surface area contributed by atoms with Crippen LogP contribution in [0.4, 0.5) is 0 Å². The van der Waals surface area contributed by atoms with Crippen molar-refractivity contribution in [2.45, 2.75) is 33.1 Å². The van der Waals surface area contributed by atoms with E-state index in [-0.39, 0.29) is 0 Å².